The van der Waals surface area contributed by atoms with Crippen molar-refractivity contribution in [2.24, 2.45) is 17.8 Å². The van der Waals surface area contributed by atoms with Gasteiger partial charge in [-0.15, -0.1) is 0 Å². The average Bonchev–Trinajstić information content (AvgIpc) is 2.85. The molecule has 0 spiro atoms. The van der Waals surface area contributed by atoms with E-state index in [0.29, 0.717) is 11.8 Å². The molecule has 3 atom stereocenters. The molecule has 3 unspecified atom stereocenters. The summed E-state index contributed by atoms with van der Waals surface area (Å²) in [6.07, 6.45) is 3.93. The van der Waals surface area contributed by atoms with Crippen LogP contribution >= 0.6 is 0 Å². The number of esters is 1. The van der Waals surface area contributed by atoms with Gasteiger partial charge >= 0.3 is 40.8 Å². The predicted molar refractivity (Wildman–Crippen MR) is 54.5 cm³/mol. The fraction of sp³-hybridized carbons (Fsp3) is 0.900. The molecule has 0 N–H and O–H groups in total. The molecule has 0 aromatic rings. The van der Waals surface area contributed by atoms with Gasteiger partial charge in [0.1, 0.15) is 0 Å². The second-order valence-electron chi connectivity index (χ2n) is 5.00. The molecule has 2 fully saturated rings. The molecule has 2 rings (SSSR count). The normalized spacial score (nSPS) is 29.9. The Bertz CT molecular complexity index is 453. The Morgan fingerprint density at radius 2 is 1.95 bits per heavy atom. The first-order valence-electron chi connectivity index (χ1n) is 5.72. The molecular formula is C10H13F2NaO5S. The van der Waals surface area contributed by atoms with Gasteiger partial charge < -0.3 is 9.29 Å². The van der Waals surface area contributed by atoms with Crippen LogP contribution in [0.15, 0.2) is 0 Å². The molecule has 0 aliphatic heterocycles. The van der Waals surface area contributed by atoms with Gasteiger partial charge in [-0.2, -0.15) is 8.78 Å². The summed E-state index contributed by atoms with van der Waals surface area (Å²) in [5.74, 6) is -1.33. The molecule has 19 heavy (non-hydrogen) atoms. The summed E-state index contributed by atoms with van der Waals surface area (Å²) in [5.41, 5.74) is 0. The topological polar surface area (TPSA) is 83.5 Å². The van der Waals surface area contributed by atoms with E-state index in [2.05, 4.69) is 4.74 Å². The van der Waals surface area contributed by atoms with E-state index in [4.69, 9.17) is 0 Å². The molecule has 0 aromatic carbocycles. The van der Waals surface area contributed by atoms with Gasteiger partial charge in [0.25, 0.3) is 0 Å². The predicted octanol–water partition coefficient (Wildman–Crippen LogP) is -1.89. The summed E-state index contributed by atoms with van der Waals surface area (Å²) >= 11 is 0. The Kier molecular flexibility index (Phi) is 5.40. The summed E-state index contributed by atoms with van der Waals surface area (Å²) in [4.78, 5) is 10.9. The van der Waals surface area contributed by atoms with Gasteiger partial charge in [0, 0.05) is 0 Å². The summed E-state index contributed by atoms with van der Waals surface area (Å²) < 4.78 is 60.6. The van der Waals surface area contributed by atoms with Gasteiger partial charge in [0.15, 0.2) is 10.1 Å². The maximum atomic E-state index is 12.8. The zero-order chi connectivity index (χ0) is 13.6. The Balaban J connectivity index is 0.00000180. The number of hydrogen-bond donors (Lipinski definition) is 0. The standard InChI is InChI=1S/C10H14F2O5S.Na/c11-10(12,18(14,15)16)9(13)17-5-8-4-6-1-2-7(8)3-6;/h6-8H,1-5H2,(H,14,15,16);/q;+1/p-1. The second-order valence-corrected chi connectivity index (χ2v) is 6.43. The van der Waals surface area contributed by atoms with Gasteiger partial charge in [-0.25, -0.2) is 13.2 Å². The fourth-order valence-electron chi connectivity index (χ4n) is 2.95. The van der Waals surface area contributed by atoms with Gasteiger partial charge in [-0.1, -0.05) is 6.42 Å². The first kappa shape index (κ1) is 17.3. The van der Waals surface area contributed by atoms with Crippen LogP contribution in [0.4, 0.5) is 8.78 Å². The number of carbonyl (C=O) groups is 1. The summed E-state index contributed by atoms with van der Waals surface area (Å²) in [6, 6.07) is 0. The Hall–Kier alpha value is 0.240. The quantitative estimate of drug-likeness (QED) is 0.344. The van der Waals surface area contributed by atoms with Crippen LogP contribution in [0.2, 0.25) is 0 Å². The maximum absolute atomic E-state index is 12.8. The largest absolute Gasteiger partial charge is 1.00 e. The van der Waals surface area contributed by atoms with Crippen molar-refractivity contribution >= 4 is 16.1 Å². The van der Waals surface area contributed by atoms with Crippen LogP contribution in [-0.2, 0) is 19.6 Å². The van der Waals surface area contributed by atoms with Crippen molar-refractivity contribution in [1.29, 1.82) is 0 Å². The molecule has 2 saturated carbocycles. The van der Waals surface area contributed by atoms with E-state index in [1.165, 1.54) is 0 Å². The molecule has 104 valence electrons. The fourth-order valence-corrected chi connectivity index (χ4v) is 3.21. The molecule has 2 bridgehead atoms. The van der Waals surface area contributed by atoms with Crippen molar-refractivity contribution in [2.45, 2.75) is 30.9 Å². The Morgan fingerprint density at radius 3 is 2.37 bits per heavy atom. The SMILES string of the molecule is O=C(OCC1CC2CCC1C2)C(F)(F)S(=O)(=O)[O-].[Na+]. The number of fused-ring (bicyclic) bond motifs is 2. The van der Waals surface area contributed by atoms with Crippen LogP contribution in [0.5, 0.6) is 0 Å². The van der Waals surface area contributed by atoms with E-state index in [1.54, 1.807) is 0 Å². The number of rotatable bonds is 4. The van der Waals surface area contributed by atoms with Crippen molar-refractivity contribution in [1.82, 2.24) is 0 Å². The maximum Gasteiger partial charge on any atom is 1.00 e. The first-order valence-corrected chi connectivity index (χ1v) is 7.13. The number of ether oxygens (including phenoxy) is 1. The average molecular weight is 306 g/mol. The van der Waals surface area contributed by atoms with E-state index in [1.807, 2.05) is 0 Å². The molecule has 2 aliphatic rings. The van der Waals surface area contributed by atoms with Crippen LogP contribution in [0.1, 0.15) is 25.7 Å². The van der Waals surface area contributed by atoms with Gasteiger partial charge in [0.2, 0.25) is 0 Å². The molecule has 9 heteroatoms. The minimum atomic E-state index is -6.02. The van der Waals surface area contributed by atoms with E-state index < -0.39 is 21.3 Å². The van der Waals surface area contributed by atoms with Crippen molar-refractivity contribution < 1.29 is 60.8 Å². The van der Waals surface area contributed by atoms with Gasteiger partial charge in [-0.3, -0.25) is 0 Å². The molecule has 0 heterocycles. The number of alkyl halides is 2. The third-order valence-electron chi connectivity index (χ3n) is 3.86. The van der Waals surface area contributed by atoms with Gasteiger partial charge in [-0.05, 0) is 37.0 Å². The zero-order valence-electron chi connectivity index (χ0n) is 10.5. The second kappa shape index (κ2) is 5.93. The van der Waals surface area contributed by atoms with E-state index in [0.717, 1.165) is 25.7 Å². The Morgan fingerprint density at radius 1 is 1.32 bits per heavy atom. The molecule has 0 aromatic heterocycles. The molecule has 0 radical (unpaired) electrons. The van der Waals surface area contributed by atoms with Crippen molar-refractivity contribution in [3.05, 3.63) is 0 Å². The van der Waals surface area contributed by atoms with E-state index in [9.17, 15) is 26.5 Å². The Labute approximate surface area is 132 Å². The zero-order valence-corrected chi connectivity index (χ0v) is 13.3. The molecular weight excluding hydrogens is 293 g/mol. The number of carbonyl (C=O) groups excluding carboxylic acids is 1. The van der Waals surface area contributed by atoms with Crippen LogP contribution in [0.25, 0.3) is 0 Å². The van der Waals surface area contributed by atoms with Crippen molar-refractivity contribution in [3.63, 3.8) is 0 Å². The first-order chi connectivity index (χ1) is 8.22. The third-order valence-corrected chi connectivity index (χ3v) is 4.66. The summed E-state index contributed by atoms with van der Waals surface area (Å²) in [7, 11) is -6.02. The monoisotopic (exact) mass is 306 g/mol. The number of hydrogen-bond acceptors (Lipinski definition) is 5. The summed E-state index contributed by atoms with van der Waals surface area (Å²) in [6.45, 7) is -0.231. The molecule has 5 nitrogen and oxygen atoms in total. The van der Waals surface area contributed by atoms with Crippen molar-refractivity contribution in [2.75, 3.05) is 6.61 Å². The van der Waals surface area contributed by atoms with Crippen LogP contribution in [0.3, 0.4) is 0 Å². The number of halogens is 2. The smallest absolute Gasteiger partial charge is 0.743 e. The minimum absolute atomic E-state index is 0. The van der Waals surface area contributed by atoms with Crippen LogP contribution in [-0.4, -0.2) is 30.8 Å². The van der Waals surface area contributed by atoms with Gasteiger partial charge in [0.05, 0.1) is 6.61 Å². The molecule has 0 amide bonds. The molecule has 2 aliphatic carbocycles. The third kappa shape index (κ3) is 3.47. The van der Waals surface area contributed by atoms with E-state index >= 15 is 0 Å². The summed E-state index contributed by atoms with van der Waals surface area (Å²) in [5, 5.41) is -5.00. The van der Waals surface area contributed by atoms with Crippen molar-refractivity contribution in [3.8, 4) is 0 Å². The van der Waals surface area contributed by atoms with E-state index in [-0.39, 0.29) is 42.1 Å². The van der Waals surface area contributed by atoms with Crippen LogP contribution in [0, 0.1) is 17.8 Å². The minimum Gasteiger partial charge on any atom is -0.743 e. The molecule has 0 saturated heterocycles. The van der Waals surface area contributed by atoms with Crippen LogP contribution < -0.4 is 29.6 Å².